The maximum Gasteiger partial charge on any atom is 0.232 e. The summed E-state index contributed by atoms with van der Waals surface area (Å²) in [6.45, 7) is 9.85. The number of nitrogen functional groups attached to an aromatic ring is 1. The topological polar surface area (TPSA) is 78.6 Å². The van der Waals surface area contributed by atoms with E-state index in [9.17, 15) is 4.21 Å². The Morgan fingerprint density at radius 1 is 1.35 bits per heavy atom. The number of anilines is 2. The van der Waals surface area contributed by atoms with Crippen LogP contribution in [-0.2, 0) is 17.7 Å². The molecule has 0 aromatic heterocycles. The number of nitrogens with zero attached hydrogens (tertiary/aromatic N) is 1. The van der Waals surface area contributed by atoms with E-state index in [1.165, 1.54) is 0 Å². The molecule has 0 heterocycles. The summed E-state index contributed by atoms with van der Waals surface area (Å²) in [5, 5.41) is 0. The minimum absolute atomic E-state index is 0.504. The summed E-state index contributed by atoms with van der Waals surface area (Å²) in [6.07, 6.45) is 0.584. The van der Waals surface area contributed by atoms with Gasteiger partial charge < -0.3 is 10.6 Å². The van der Waals surface area contributed by atoms with Gasteiger partial charge in [0.15, 0.2) is 0 Å². The molecule has 0 fully saturated rings. The Labute approximate surface area is 124 Å². The second-order valence-corrected chi connectivity index (χ2v) is 6.17. The normalized spacial score (nSPS) is 13.2. The zero-order chi connectivity index (χ0) is 15.3. The average molecular weight is 299 g/mol. The van der Waals surface area contributed by atoms with Crippen LogP contribution in [0.25, 0.3) is 0 Å². The summed E-state index contributed by atoms with van der Waals surface area (Å²) in [4.78, 5) is 2.24. The first kappa shape index (κ1) is 16.9. The fraction of sp³-hybridized carbons (Fsp3) is 0.571. The van der Waals surface area contributed by atoms with Crippen LogP contribution in [0.2, 0.25) is 0 Å². The second kappa shape index (κ2) is 7.06. The lowest BCUT2D eigenvalue weighted by atomic mass is 9.94. The van der Waals surface area contributed by atoms with Crippen molar-refractivity contribution in [2.45, 2.75) is 39.7 Å². The van der Waals surface area contributed by atoms with Gasteiger partial charge in [-0.05, 0) is 57.9 Å². The lowest BCUT2D eigenvalue weighted by molar-refractivity contribution is 0.441. The largest absolute Gasteiger partial charge is 0.399 e. The molecule has 1 rings (SSSR count). The van der Waals surface area contributed by atoms with E-state index in [0.29, 0.717) is 12.1 Å². The molecule has 20 heavy (non-hydrogen) atoms. The van der Waals surface area contributed by atoms with E-state index in [2.05, 4.69) is 29.5 Å². The first-order valence-corrected chi connectivity index (χ1v) is 7.91. The first-order chi connectivity index (χ1) is 9.29. The lowest BCUT2D eigenvalue weighted by Gasteiger charge is -2.27. The van der Waals surface area contributed by atoms with Gasteiger partial charge in [0.05, 0.1) is 0 Å². The first-order valence-electron chi connectivity index (χ1n) is 6.81. The molecule has 0 spiro atoms. The van der Waals surface area contributed by atoms with Gasteiger partial charge in [0.1, 0.15) is 0 Å². The molecule has 4 N–H and O–H groups in total. The molecule has 1 aromatic carbocycles. The smallest absolute Gasteiger partial charge is 0.232 e. The molecule has 0 amide bonds. The van der Waals surface area contributed by atoms with Gasteiger partial charge in [-0.1, -0.05) is 0 Å². The number of hydrogen-bond donors (Lipinski definition) is 3. The molecular formula is C14H25N3O2S. The maximum absolute atomic E-state index is 10.9. The molecule has 0 aliphatic rings. The number of rotatable bonds is 7. The van der Waals surface area contributed by atoms with Crippen molar-refractivity contribution in [1.29, 1.82) is 0 Å². The average Bonchev–Trinajstić information content (AvgIpc) is 2.32. The minimum atomic E-state index is -2.03. The molecule has 114 valence electrons. The molecule has 0 bridgehead atoms. The molecule has 1 atom stereocenters. The van der Waals surface area contributed by atoms with E-state index >= 15 is 0 Å². The zero-order valence-corrected chi connectivity index (χ0v) is 13.5. The van der Waals surface area contributed by atoms with Crippen molar-refractivity contribution >= 4 is 22.6 Å². The van der Waals surface area contributed by atoms with Crippen molar-refractivity contribution < 1.29 is 8.76 Å². The molecule has 1 aromatic rings. The Morgan fingerprint density at radius 2 is 1.95 bits per heavy atom. The predicted molar refractivity (Wildman–Crippen MR) is 86.1 cm³/mol. The van der Waals surface area contributed by atoms with Crippen LogP contribution in [0.1, 0.15) is 33.3 Å². The molecular weight excluding hydrogens is 274 g/mol. The van der Waals surface area contributed by atoms with Crippen LogP contribution in [0.5, 0.6) is 0 Å². The van der Waals surface area contributed by atoms with E-state index < -0.39 is 16.8 Å². The fourth-order valence-corrected chi connectivity index (χ4v) is 2.82. The maximum atomic E-state index is 10.9. The summed E-state index contributed by atoms with van der Waals surface area (Å²) in [6, 6.07) is 5.97. The minimum Gasteiger partial charge on any atom is -0.399 e. The third-order valence-electron chi connectivity index (χ3n) is 3.25. The van der Waals surface area contributed by atoms with Gasteiger partial charge in [0, 0.05) is 30.0 Å². The summed E-state index contributed by atoms with van der Waals surface area (Å²) in [5.74, 6) is 0. The van der Waals surface area contributed by atoms with E-state index in [1.807, 2.05) is 26.0 Å². The van der Waals surface area contributed by atoms with Gasteiger partial charge in [0.25, 0.3) is 0 Å². The Hall–Kier alpha value is -1.11. The monoisotopic (exact) mass is 299 g/mol. The molecule has 0 saturated heterocycles. The van der Waals surface area contributed by atoms with Crippen molar-refractivity contribution in [2.75, 3.05) is 23.7 Å². The molecule has 0 saturated carbocycles. The van der Waals surface area contributed by atoms with Crippen LogP contribution in [0.3, 0.4) is 0 Å². The highest BCUT2D eigenvalue weighted by atomic mass is 32.2. The predicted octanol–water partition coefficient (Wildman–Crippen LogP) is 2.16. The van der Waals surface area contributed by atoms with Crippen LogP contribution in [0, 0.1) is 0 Å². The highest BCUT2D eigenvalue weighted by Gasteiger charge is 2.21. The fourth-order valence-electron chi connectivity index (χ4n) is 2.28. The second-order valence-electron chi connectivity index (χ2n) is 5.47. The summed E-state index contributed by atoms with van der Waals surface area (Å²) >= 11 is -2.03. The van der Waals surface area contributed by atoms with Crippen molar-refractivity contribution in [3.63, 3.8) is 0 Å². The van der Waals surface area contributed by atoms with Crippen molar-refractivity contribution in [3.8, 4) is 0 Å². The van der Waals surface area contributed by atoms with E-state index in [-0.39, 0.29) is 0 Å². The van der Waals surface area contributed by atoms with E-state index in [0.717, 1.165) is 24.3 Å². The molecule has 0 radical (unpaired) electrons. The van der Waals surface area contributed by atoms with Gasteiger partial charge in [-0.2, -0.15) is 0 Å². The van der Waals surface area contributed by atoms with Gasteiger partial charge in [-0.3, -0.25) is 4.55 Å². The summed E-state index contributed by atoms with van der Waals surface area (Å²) in [7, 11) is 0. The Balaban J connectivity index is 3.00. The van der Waals surface area contributed by atoms with Crippen molar-refractivity contribution in [1.82, 2.24) is 4.72 Å². The van der Waals surface area contributed by atoms with Crippen LogP contribution in [0.15, 0.2) is 18.2 Å². The van der Waals surface area contributed by atoms with Crippen LogP contribution in [0.4, 0.5) is 11.4 Å². The Bertz CT molecular complexity index is 473. The molecule has 0 aliphatic carbocycles. The third kappa shape index (κ3) is 4.77. The summed E-state index contributed by atoms with van der Waals surface area (Å²) < 4.78 is 22.5. The van der Waals surface area contributed by atoms with Gasteiger partial charge in [0.2, 0.25) is 11.3 Å². The van der Waals surface area contributed by atoms with Gasteiger partial charge in [-0.15, -0.1) is 0 Å². The molecule has 1 unspecified atom stereocenters. The molecule has 5 nitrogen and oxygen atoms in total. The quantitative estimate of drug-likeness (QED) is 0.532. The molecule has 6 heteroatoms. The number of nitrogens with two attached hydrogens (primary N) is 1. The van der Waals surface area contributed by atoms with E-state index in [4.69, 9.17) is 10.3 Å². The highest BCUT2D eigenvalue weighted by Crippen LogP contribution is 2.25. The third-order valence-corrected chi connectivity index (χ3v) is 3.98. The van der Waals surface area contributed by atoms with Crippen LogP contribution >= 0.6 is 0 Å². The highest BCUT2D eigenvalue weighted by molar-refractivity contribution is 7.77. The van der Waals surface area contributed by atoms with Gasteiger partial charge >= 0.3 is 0 Å². The standard InChI is InChI=1S/C14H25N3O2S/c1-5-17(6-2)12-7-8-13(15)11(9-12)10-14(3,4)16-20(18)19/h7-9,16H,5-6,10,15H2,1-4H3,(H,18,19). The Morgan fingerprint density at radius 3 is 2.45 bits per heavy atom. The lowest BCUT2D eigenvalue weighted by Crippen LogP contribution is -2.42. The zero-order valence-electron chi connectivity index (χ0n) is 12.6. The van der Waals surface area contributed by atoms with Crippen LogP contribution in [-0.4, -0.2) is 27.4 Å². The van der Waals surface area contributed by atoms with Crippen molar-refractivity contribution in [2.24, 2.45) is 0 Å². The SMILES string of the molecule is CCN(CC)c1ccc(N)c(CC(C)(C)NS(=O)O)c1. The molecule has 0 aliphatic heterocycles. The van der Waals surface area contributed by atoms with E-state index in [1.54, 1.807) is 0 Å². The number of hydrogen-bond acceptors (Lipinski definition) is 3. The Kier molecular flexibility index (Phi) is 5.98. The van der Waals surface area contributed by atoms with Gasteiger partial charge in [-0.25, -0.2) is 8.93 Å². The number of benzene rings is 1. The summed E-state index contributed by atoms with van der Waals surface area (Å²) in [5.41, 5.74) is 8.34. The number of nitrogens with one attached hydrogen (secondary N) is 1. The van der Waals surface area contributed by atoms with Crippen LogP contribution < -0.4 is 15.4 Å². The van der Waals surface area contributed by atoms with Crippen molar-refractivity contribution in [3.05, 3.63) is 23.8 Å².